The first kappa shape index (κ1) is 16.0. The Balaban J connectivity index is 2.05. The summed E-state index contributed by atoms with van der Waals surface area (Å²) in [6.45, 7) is 2.56. The molecule has 3 N–H and O–H groups in total. The first-order valence-electron chi connectivity index (χ1n) is 7.39. The third-order valence-electron chi connectivity index (χ3n) is 3.94. The second-order valence-electron chi connectivity index (χ2n) is 5.56. The van der Waals surface area contributed by atoms with Crippen LogP contribution in [0.3, 0.4) is 0 Å². The molecule has 1 aromatic rings. The van der Waals surface area contributed by atoms with E-state index in [2.05, 4.69) is 5.32 Å². The highest BCUT2D eigenvalue weighted by Crippen LogP contribution is 2.19. The molecule has 3 amide bonds. The van der Waals surface area contributed by atoms with Gasteiger partial charge in [0, 0.05) is 20.0 Å². The van der Waals surface area contributed by atoms with Gasteiger partial charge >= 0.3 is 0 Å². The van der Waals surface area contributed by atoms with Gasteiger partial charge in [-0.2, -0.15) is 0 Å². The van der Waals surface area contributed by atoms with Crippen LogP contribution in [0.4, 0.5) is 0 Å². The van der Waals surface area contributed by atoms with Crippen molar-refractivity contribution in [3.63, 3.8) is 0 Å². The summed E-state index contributed by atoms with van der Waals surface area (Å²) in [5.74, 6) is -1.17. The number of rotatable bonds is 4. The SMILES string of the molecule is CC(=O)N1CCC[C@@H](C(=O)N[C@@H](C(N)=O)c2ccccc2)C1. The maximum atomic E-state index is 12.4. The number of piperidine rings is 1. The largest absolute Gasteiger partial charge is 0.368 e. The van der Waals surface area contributed by atoms with Gasteiger partial charge in [0.05, 0.1) is 5.92 Å². The lowest BCUT2D eigenvalue weighted by Gasteiger charge is -2.32. The molecule has 0 bridgehead atoms. The zero-order valence-electron chi connectivity index (χ0n) is 12.6. The molecule has 1 aromatic carbocycles. The first-order chi connectivity index (χ1) is 10.5. The van der Waals surface area contributed by atoms with Crippen molar-refractivity contribution >= 4 is 17.7 Å². The predicted octanol–water partition coefficient (Wildman–Crippen LogP) is 0.588. The number of nitrogens with zero attached hydrogens (tertiary/aromatic N) is 1. The summed E-state index contributed by atoms with van der Waals surface area (Å²) < 4.78 is 0. The maximum absolute atomic E-state index is 12.4. The molecule has 22 heavy (non-hydrogen) atoms. The van der Waals surface area contributed by atoms with Crippen LogP contribution in [0.1, 0.15) is 31.4 Å². The molecule has 1 saturated heterocycles. The lowest BCUT2D eigenvalue weighted by molar-refractivity contribution is -0.135. The van der Waals surface area contributed by atoms with E-state index in [0.29, 0.717) is 25.1 Å². The molecule has 1 fully saturated rings. The van der Waals surface area contributed by atoms with Crippen LogP contribution >= 0.6 is 0 Å². The number of nitrogens with two attached hydrogens (primary N) is 1. The Morgan fingerprint density at radius 3 is 2.55 bits per heavy atom. The lowest BCUT2D eigenvalue weighted by Crippen LogP contribution is -2.47. The predicted molar refractivity (Wildman–Crippen MR) is 81.5 cm³/mol. The van der Waals surface area contributed by atoms with Gasteiger partial charge in [-0.1, -0.05) is 30.3 Å². The zero-order valence-corrected chi connectivity index (χ0v) is 12.6. The van der Waals surface area contributed by atoms with Crippen LogP contribution in [0.25, 0.3) is 0 Å². The molecule has 0 saturated carbocycles. The zero-order chi connectivity index (χ0) is 16.1. The first-order valence-corrected chi connectivity index (χ1v) is 7.39. The summed E-state index contributed by atoms with van der Waals surface area (Å²) >= 11 is 0. The molecule has 0 radical (unpaired) electrons. The van der Waals surface area contributed by atoms with Gasteiger partial charge in [0.25, 0.3) is 0 Å². The standard InChI is InChI=1S/C16H21N3O3/c1-11(20)19-9-5-8-13(10-19)16(22)18-14(15(17)21)12-6-3-2-4-7-12/h2-4,6-7,13-14H,5,8-10H2,1H3,(H2,17,21)(H,18,22)/t13-,14-/m1/s1. The Bertz CT molecular complexity index is 559. The minimum atomic E-state index is -0.846. The number of primary amides is 1. The minimum absolute atomic E-state index is 0.0352. The van der Waals surface area contributed by atoms with Crippen molar-refractivity contribution in [1.29, 1.82) is 0 Å². The summed E-state index contributed by atoms with van der Waals surface area (Å²) in [6.07, 6.45) is 1.49. The van der Waals surface area contributed by atoms with E-state index in [0.717, 1.165) is 6.42 Å². The van der Waals surface area contributed by atoms with Gasteiger partial charge in [0.15, 0.2) is 0 Å². The van der Waals surface area contributed by atoms with Crippen LogP contribution in [0, 0.1) is 5.92 Å². The van der Waals surface area contributed by atoms with Crippen molar-refractivity contribution in [2.24, 2.45) is 11.7 Å². The Morgan fingerprint density at radius 2 is 1.95 bits per heavy atom. The summed E-state index contributed by atoms with van der Waals surface area (Å²) in [6, 6.07) is 8.05. The van der Waals surface area contributed by atoms with Crippen LogP contribution in [-0.4, -0.2) is 35.7 Å². The molecule has 2 rings (SSSR count). The van der Waals surface area contributed by atoms with E-state index in [1.807, 2.05) is 6.07 Å². The lowest BCUT2D eigenvalue weighted by atomic mass is 9.96. The maximum Gasteiger partial charge on any atom is 0.244 e. The number of carbonyl (C=O) groups excluding carboxylic acids is 3. The normalized spacial score (nSPS) is 19.3. The number of hydrogen-bond acceptors (Lipinski definition) is 3. The molecule has 118 valence electrons. The van der Waals surface area contributed by atoms with Crippen LogP contribution in [0.15, 0.2) is 30.3 Å². The monoisotopic (exact) mass is 303 g/mol. The van der Waals surface area contributed by atoms with E-state index in [1.165, 1.54) is 6.92 Å². The van der Waals surface area contributed by atoms with Gasteiger partial charge in [-0.15, -0.1) is 0 Å². The second kappa shape index (κ2) is 7.06. The van der Waals surface area contributed by atoms with Crippen LogP contribution in [-0.2, 0) is 14.4 Å². The van der Waals surface area contributed by atoms with Gasteiger partial charge in [0.2, 0.25) is 17.7 Å². The highest BCUT2D eigenvalue weighted by atomic mass is 16.2. The van der Waals surface area contributed by atoms with Crippen LogP contribution in [0.5, 0.6) is 0 Å². The van der Waals surface area contributed by atoms with Crippen molar-refractivity contribution in [1.82, 2.24) is 10.2 Å². The van der Waals surface area contributed by atoms with E-state index in [-0.39, 0.29) is 17.7 Å². The Hall–Kier alpha value is -2.37. The molecule has 6 heteroatoms. The molecule has 1 heterocycles. The van der Waals surface area contributed by atoms with Crippen molar-refractivity contribution in [3.8, 4) is 0 Å². The van der Waals surface area contributed by atoms with Crippen molar-refractivity contribution in [2.75, 3.05) is 13.1 Å². The van der Waals surface area contributed by atoms with Crippen molar-refractivity contribution < 1.29 is 14.4 Å². The summed E-state index contributed by atoms with van der Waals surface area (Å²) in [5, 5.41) is 2.71. The average molecular weight is 303 g/mol. The fraction of sp³-hybridized carbons (Fsp3) is 0.438. The van der Waals surface area contributed by atoms with Gasteiger partial charge in [-0.3, -0.25) is 14.4 Å². The van der Waals surface area contributed by atoms with Gasteiger partial charge in [0.1, 0.15) is 6.04 Å². The smallest absolute Gasteiger partial charge is 0.244 e. The fourth-order valence-corrected chi connectivity index (χ4v) is 2.70. The topological polar surface area (TPSA) is 92.5 Å². The summed E-state index contributed by atoms with van der Waals surface area (Å²) in [7, 11) is 0. The minimum Gasteiger partial charge on any atom is -0.368 e. The van der Waals surface area contributed by atoms with Gasteiger partial charge < -0.3 is 16.0 Å². The van der Waals surface area contributed by atoms with E-state index >= 15 is 0 Å². The fourth-order valence-electron chi connectivity index (χ4n) is 2.70. The van der Waals surface area contributed by atoms with E-state index in [1.54, 1.807) is 29.2 Å². The molecular weight excluding hydrogens is 282 g/mol. The van der Waals surface area contributed by atoms with Crippen molar-refractivity contribution in [2.45, 2.75) is 25.8 Å². The summed E-state index contributed by atoms with van der Waals surface area (Å²) in [5.41, 5.74) is 6.06. The molecular formula is C16H21N3O3. The second-order valence-corrected chi connectivity index (χ2v) is 5.56. The van der Waals surface area contributed by atoms with Gasteiger partial charge in [-0.05, 0) is 18.4 Å². The number of likely N-dealkylation sites (tertiary alicyclic amines) is 1. The highest BCUT2D eigenvalue weighted by Gasteiger charge is 2.29. The Labute approximate surface area is 129 Å². The Kier molecular flexibility index (Phi) is 5.14. The van der Waals surface area contributed by atoms with Crippen LogP contribution < -0.4 is 11.1 Å². The van der Waals surface area contributed by atoms with Crippen molar-refractivity contribution in [3.05, 3.63) is 35.9 Å². The van der Waals surface area contributed by atoms with E-state index < -0.39 is 11.9 Å². The number of amides is 3. The third-order valence-corrected chi connectivity index (χ3v) is 3.94. The molecule has 1 aliphatic heterocycles. The molecule has 1 aliphatic rings. The molecule has 0 unspecified atom stereocenters. The molecule has 0 aliphatic carbocycles. The Morgan fingerprint density at radius 1 is 1.27 bits per heavy atom. The molecule has 0 spiro atoms. The van der Waals surface area contributed by atoms with E-state index in [9.17, 15) is 14.4 Å². The van der Waals surface area contributed by atoms with E-state index in [4.69, 9.17) is 5.73 Å². The number of carbonyl (C=O) groups is 3. The molecule has 2 atom stereocenters. The summed E-state index contributed by atoms with van der Waals surface area (Å²) in [4.78, 5) is 37.1. The van der Waals surface area contributed by atoms with Crippen LogP contribution in [0.2, 0.25) is 0 Å². The molecule has 0 aromatic heterocycles. The average Bonchev–Trinajstić information content (AvgIpc) is 2.53. The number of hydrogen-bond donors (Lipinski definition) is 2. The molecule has 6 nitrogen and oxygen atoms in total. The highest BCUT2D eigenvalue weighted by molar-refractivity contribution is 5.89. The number of benzene rings is 1. The van der Waals surface area contributed by atoms with Gasteiger partial charge in [-0.25, -0.2) is 0 Å². The number of nitrogens with one attached hydrogen (secondary N) is 1. The third kappa shape index (κ3) is 3.84. The quantitative estimate of drug-likeness (QED) is 0.852.